The van der Waals surface area contributed by atoms with Crippen molar-refractivity contribution in [2.24, 2.45) is 0 Å². The fourth-order valence-electron chi connectivity index (χ4n) is 3.79. The van der Waals surface area contributed by atoms with Crippen LogP contribution in [0, 0.1) is 0 Å². The SMILES string of the molecule is Oc1cncc(-c2cnc3n[nH]c(-c4cc5c(-c6cccnc6)cncc5[nH]4)c3c2)c1. The molecule has 0 amide bonds. The fourth-order valence-corrected chi connectivity index (χ4v) is 3.79. The summed E-state index contributed by atoms with van der Waals surface area (Å²) in [5, 5.41) is 19.1. The van der Waals surface area contributed by atoms with Crippen LogP contribution in [-0.4, -0.2) is 40.2 Å². The van der Waals surface area contributed by atoms with Gasteiger partial charge in [-0.15, -0.1) is 0 Å². The van der Waals surface area contributed by atoms with Gasteiger partial charge in [0.05, 0.1) is 29.3 Å². The van der Waals surface area contributed by atoms with Crippen molar-refractivity contribution in [3.8, 4) is 39.4 Å². The zero-order valence-electron chi connectivity index (χ0n) is 16.1. The van der Waals surface area contributed by atoms with Crippen molar-refractivity contribution in [1.29, 1.82) is 0 Å². The lowest BCUT2D eigenvalue weighted by atomic mass is 10.1. The normalized spacial score (nSPS) is 11.4. The molecule has 6 rings (SSSR count). The first-order valence-corrected chi connectivity index (χ1v) is 9.62. The van der Waals surface area contributed by atoms with Crippen LogP contribution in [0.3, 0.4) is 0 Å². The summed E-state index contributed by atoms with van der Waals surface area (Å²) in [6.07, 6.45) is 12.0. The van der Waals surface area contributed by atoms with Gasteiger partial charge in [-0.3, -0.25) is 20.1 Å². The van der Waals surface area contributed by atoms with Gasteiger partial charge >= 0.3 is 0 Å². The number of rotatable bonds is 3. The van der Waals surface area contributed by atoms with Crippen LogP contribution in [0.2, 0.25) is 0 Å². The molecule has 0 radical (unpaired) electrons. The standard InChI is InChI=1S/C23H15N7O/c31-16-4-14(8-25-10-16)15-5-18-22(29-30-23(18)27-9-15)20-6-17-19(11-26-12-21(17)28-20)13-2-1-3-24-7-13/h1-12,28,31H,(H,27,29,30). The Morgan fingerprint density at radius 1 is 0.774 bits per heavy atom. The topological polar surface area (TPSA) is 116 Å². The molecule has 6 heterocycles. The van der Waals surface area contributed by atoms with Gasteiger partial charge < -0.3 is 10.1 Å². The van der Waals surface area contributed by atoms with E-state index in [1.54, 1.807) is 30.9 Å². The first kappa shape index (κ1) is 17.3. The number of H-pyrrole nitrogens is 2. The molecule has 6 aromatic rings. The average molecular weight is 405 g/mol. The monoisotopic (exact) mass is 405 g/mol. The highest BCUT2D eigenvalue weighted by Gasteiger charge is 2.15. The molecule has 0 saturated heterocycles. The molecular weight excluding hydrogens is 390 g/mol. The van der Waals surface area contributed by atoms with E-state index in [2.05, 4.69) is 41.2 Å². The number of nitrogens with zero attached hydrogens (tertiary/aromatic N) is 5. The molecule has 0 aromatic carbocycles. The Balaban J connectivity index is 1.51. The van der Waals surface area contributed by atoms with Crippen LogP contribution in [-0.2, 0) is 0 Å². The fraction of sp³-hybridized carbons (Fsp3) is 0. The predicted octanol–water partition coefficient (Wildman–Crippen LogP) is 4.33. The lowest BCUT2D eigenvalue weighted by Crippen LogP contribution is -1.84. The van der Waals surface area contributed by atoms with Crippen LogP contribution in [0.4, 0.5) is 0 Å². The summed E-state index contributed by atoms with van der Waals surface area (Å²) >= 11 is 0. The second-order valence-corrected chi connectivity index (χ2v) is 7.20. The Labute approximate surface area is 175 Å². The molecule has 8 nitrogen and oxygen atoms in total. The molecule has 0 aliphatic heterocycles. The molecular formula is C23H15N7O. The van der Waals surface area contributed by atoms with Crippen LogP contribution in [0.1, 0.15) is 0 Å². The van der Waals surface area contributed by atoms with Crippen molar-refractivity contribution < 1.29 is 5.11 Å². The van der Waals surface area contributed by atoms with Crippen LogP contribution >= 0.6 is 0 Å². The van der Waals surface area contributed by atoms with E-state index in [0.29, 0.717) is 5.65 Å². The van der Waals surface area contributed by atoms with Crippen molar-refractivity contribution in [3.63, 3.8) is 0 Å². The summed E-state index contributed by atoms with van der Waals surface area (Å²) in [5.41, 5.74) is 6.85. The first-order chi connectivity index (χ1) is 15.3. The van der Waals surface area contributed by atoms with Gasteiger partial charge in [0.15, 0.2) is 5.65 Å². The number of aromatic amines is 2. The van der Waals surface area contributed by atoms with Gasteiger partial charge in [-0.1, -0.05) is 6.07 Å². The number of aromatic nitrogens is 7. The van der Waals surface area contributed by atoms with Crippen molar-refractivity contribution in [2.75, 3.05) is 0 Å². The average Bonchev–Trinajstić information content (AvgIpc) is 3.43. The summed E-state index contributed by atoms with van der Waals surface area (Å²) in [7, 11) is 0. The zero-order chi connectivity index (χ0) is 20.8. The Hall–Kier alpha value is -4.59. The van der Waals surface area contributed by atoms with Gasteiger partial charge in [-0.2, -0.15) is 5.10 Å². The molecule has 0 spiro atoms. The Kier molecular flexibility index (Phi) is 3.76. The second kappa shape index (κ2) is 6.74. The number of hydrogen-bond acceptors (Lipinski definition) is 6. The number of hydrogen-bond donors (Lipinski definition) is 3. The molecule has 0 saturated carbocycles. The minimum atomic E-state index is 0.107. The summed E-state index contributed by atoms with van der Waals surface area (Å²) < 4.78 is 0. The van der Waals surface area contributed by atoms with Gasteiger partial charge in [0.25, 0.3) is 0 Å². The maximum Gasteiger partial charge on any atom is 0.181 e. The van der Waals surface area contributed by atoms with E-state index in [-0.39, 0.29) is 5.75 Å². The highest BCUT2D eigenvalue weighted by Crippen LogP contribution is 2.34. The molecule has 148 valence electrons. The number of pyridine rings is 4. The van der Waals surface area contributed by atoms with Gasteiger partial charge in [-0.05, 0) is 24.3 Å². The number of nitrogens with one attached hydrogen (secondary N) is 2. The molecule has 0 aliphatic rings. The molecule has 0 aliphatic carbocycles. The Morgan fingerprint density at radius 2 is 1.65 bits per heavy atom. The predicted molar refractivity (Wildman–Crippen MR) is 117 cm³/mol. The third-order valence-corrected chi connectivity index (χ3v) is 5.25. The maximum absolute atomic E-state index is 9.76. The molecule has 8 heteroatoms. The van der Waals surface area contributed by atoms with E-state index in [1.807, 2.05) is 30.6 Å². The van der Waals surface area contributed by atoms with Gasteiger partial charge in [0.1, 0.15) is 5.75 Å². The smallest absolute Gasteiger partial charge is 0.181 e. The van der Waals surface area contributed by atoms with E-state index in [0.717, 1.165) is 49.9 Å². The minimum Gasteiger partial charge on any atom is -0.506 e. The lowest BCUT2D eigenvalue weighted by molar-refractivity contribution is 0.473. The summed E-state index contributed by atoms with van der Waals surface area (Å²) in [6.45, 7) is 0. The van der Waals surface area contributed by atoms with Crippen LogP contribution < -0.4 is 0 Å². The summed E-state index contributed by atoms with van der Waals surface area (Å²) in [4.78, 5) is 20.6. The third kappa shape index (κ3) is 2.89. The van der Waals surface area contributed by atoms with Gasteiger partial charge in [0, 0.05) is 64.0 Å². The zero-order valence-corrected chi connectivity index (χ0v) is 16.1. The Bertz CT molecular complexity index is 1550. The van der Waals surface area contributed by atoms with Crippen molar-refractivity contribution in [3.05, 3.63) is 73.7 Å². The van der Waals surface area contributed by atoms with Crippen LogP contribution in [0.25, 0.3) is 55.6 Å². The molecule has 0 fully saturated rings. The maximum atomic E-state index is 9.76. The molecule has 31 heavy (non-hydrogen) atoms. The second-order valence-electron chi connectivity index (χ2n) is 7.20. The van der Waals surface area contributed by atoms with E-state index in [4.69, 9.17) is 0 Å². The van der Waals surface area contributed by atoms with Crippen LogP contribution in [0.15, 0.2) is 73.7 Å². The highest BCUT2D eigenvalue weighted by molar-refractivity contribution is 6.00. The quantitative estimate of drug-likeness (QED) is 0.403. The van der Waals surface area contributed by atoms with E-state index in [9.17, 15) is 5.11 Å². The third-order valence-electron chi connectivity index (χ3n) is 5.25. The summed E-state index contributed by atoms with van der Waals surface area (Å²) in [6, 6.07) is 9.65. The van der Waals surface area contributed by atoms with E-state index < -0.39 is 0 Å². The lowest BCUT2D eigenvalue weighted by Gasteiger charge is -2.02. The van der Waals surface area contributed by atoms with Crippen molar-refractivity contribution >= 4 is 21.9 Å². The van der Waals surface area contributed by atoms with E-state index in [1.165, 1.54) is 6.20 Å². The highest BCUT2D eigenvalue weighted by atomic mass is 16.3. The number of aromatic hydroxyl groups is 1. The van der Waals surface area contributed by atoms with Crippen molar-refractivity contribution in [1.82, 2.24) is 35.1 Å². The van der Waals surface area contributed by atoms with E-state index >= 15 is 0 Å². The molecule has 6 aromatic heterocycles. The molecule has 3 N–H and O–H groups in total. The van der Waals surface area contributed by atoms with Crippen LogP contribution in [0.5, 0.6) is 5.75 Å². The van der Waals surface area contributed by atoms with Gasteiger partial charge in [0.2, 0.25) is 0 Å². The molecule has 0 unspecified atom stereocenters. The largest absolute Gasteiger partial charge is 0.506 e. The molecule has 0 bridgehead atoms. The van der Waals surface area contributed by atoms with Crippen molar-refractivity contribution in [2.45, 2.75) is 0 Å². The molecule has 0 atom stereocenters. The minimum absolute atomic E-state index is 0.107. The van der Waals surface area contributed by atoms with Gasteiger partial charge in [-0.25, -0.2) is 4.98 Å². The number of fused-ring (bicyclic) bond motifs is 2. The summed E-state index contributed by atoms with van der Waals surface area (Å²) in [5.74, 6) is 0.107. The first-order valence-electron chi connectivity index (χ1n) is 9.62. The Morgan fingerprint density at radius 3 is 2.52 bits per heavy atom.